The molecule has 0 bridgehead atoms. The van der Waals surface area contributed by atoms with Gasteiger partial charge in [-0.2, -0.15) is 0 Å². The fraction of sp³-hybridized carbons (Fsp3) is 0.200. The third-order valence-corrected chi connectivity index (χ3v) is 4.68. The van der Waals surface area contributed by atoms with Gasteiger partial charge in [0.25, 0.3) is 0 Å². The lowest BCUT2D eigenvalue weighted by molar-refractivity contribution is -0.136. The van der Waals surface area contributed by atoms with Crippen molar-refractivity contribution in [3.05, 3.63) is 71.2 Å². The number of cyclic esters (lactones) is 1. The molecule has 2 aliphatic heterocycles. The maximum absolute atomic E-state index is 13.6. The van der Waals surface area contributed by atoms with Crippen LogP contribution in [-0.4, -0.2) is 25.6 Å². The van der Waals surface area contributed by atoms with Crippen molar-refractivity contribution in [2.45, 2.75) is 12.3 Å². The summed E-state index contributed by atoms with van der Waals surface area (Å²) in [5.41, 5.74) is 2.12. The molecule has 0 spiro atoms. The van der Waals surface area contributed by atoms with Crippen LogP contribution in [0.5, 0.6) is 5.75 Å². The van der Waals surface area contributed by atoms with Crippen molar-refractivity contribution in [2.24, 2.45) is 0 Å². The van der Waals surface area contributed by atoms with Crippen molar-refractivity contribution in [3.8, 4) is 5.75 Å². The van der Waals surface area contributed by atoms with E-state index in [1.54, 1.807) is 19.2 Å². The molecule has 4 rings (SSSR count). The Balaban J connectivity index is 1.83. The minimum atomic E-state index is -0.447. The number of anilines is 1. The van der Waals surface area contributed by atoms with Gasteiger partial charge in [-0.25, -0.2) is 9.18 Å². The fourth-order valence-electron chi connectivity index (χ4n) is 3.51. The number of benzene rings is 2. The topological polar surface area (TPSA) is 55.8 Å². The highest BCUT2D eigenvalue weighted by atomic mass is 19.1. The minimum absolute atomic E-state index is 0.00309. The Morgan fingerprint density at radius 3 is 2.73 bits per heavy atom. The smallest absolute Gasteiger partial charge is 0.336 e. The van der Waals surface area contributed by atoms with Gasteiger partial charge in [0.05, 0.1) is 24.1 Å². The van der Waals surface area contributed by atoms with Crippen LogP contribution in [-0.2, 0) is 14.3 Å². The van der Waals surface area contributed by atoms with Gasteiger partial charge in [0.15, 0.2) is 0 Å². The monoisotopic (exact) mass is 353 g/mol. The number of carbonyl (C=O) groups excluding carboxylic acids is 2. The molecule has 0 unspecified atom stereocenters. The highest BCUT2D eigenvalue weighted by molar-refractivity contribution is 6.06. The van der Waals surface area contributed by atoms with Crippen LogP contribution in [0.2, 0.25) is 0 Å². The van der Waals surface area contributed by atoms with E-state index in [1.807, 2.05) is 18.2 Å². The second-order valence-electron chi connectivity index (χ2n) is 6.18. The van der Waals surface area contributed by atoms with Crippen molar-refractivity contribution >= 4 is 17.6 Å². The Hall–Kier alpha value is -3.15. The Morgan fingerprint density at radius 1 is 1.15 bits per heavy atom. The molecule has 0 radical (unpaired) electrons. The Kier molecular flexibility index (Phi) is 3.95. The lowest BCUT2D eigenvalue weighted by atomic mass is 9.84. The molecule has 132 valence electrons. The SMILES string of the molecule is COc1cccc([C@@H]2CC(=O)N(c3cccc(F)c3)C3=C2C(=O)OC3)c1. The van der Waals surface area contributed by atoms with Gasteiger partial charge in [0.1, 0.15) is 18.2 Å². The normalized spacial score (nSPS) is 19.5. The van der Waals surface area contributed by atoms with Crippen molar-refractivity contribution < 1.29 is 23.5 Å². The first-order chi connectivity index (χ1) is 12.6. The predicted octanol–water partition coefficient (Wildman–Crippen LogP) is 3.17. The molecular weight excluding hydrogens is 337 g/mol. The predicted molar refractivity (Wildman–Crippen MR) is 92.2 cm³/mol. The number of nitrogens with zero attached hydrogens (tertiary/aromatic N) is 1. The summed E-state index contributed by atoms with van der Waals surface area (Å²) < 4.78 is 24.1. The van der Waals surface area contributed by atoms with E-state index < -0.39 is 17.7 Å². The van der Waals surface area contributed by atoms with E-state index in [4.69, 9.17) is 9.47 Å². The minimum Gasteiger partial charge on any atom is -0.497 e. The molecule has 26 heavy (non-hydrogen) atoms. The first kappa shape index (κ1) is 16.3. The van der Waals surface area contributed by atoms with E-state index in [2.05, 4.69) is 0 Å². The van der Waals surface area contributed by atoms with Gasteiger partial charge in [-0.3, -0.25) is 9.69 Å². The van der Waals surface area contributed by atoms with Crippen LogP contribution in [0.3, 0.4) is 0 Å². The lowest BCUT2D eigenvalue weighted by Crippen LogP contribution is -2.37. The van der Waals surface area contributed by atoms with Crippen LogP contribution in [0.15, 0.2) is 59.8 Å². The van der Waals surface area contributed by atoms with Crippen molar-refractivity contribution in [3.63, 3.8) is 0 Å². The average molecular weight is 353 g/mol. The second kappa shape index (κ2) is 6.29. The summed E-state index contributed by atoms with van der Waals surface area (Å²) in [7, 11) is 1.56. The molecule has 2 aliphatic rings. The van der Waals surface area contributed by atoms with Gasteiger partial charge >= 0.3 is 5.97 Å². The maximum Gasteiger partial charge on any atom is 0.336 e. The van der Waals surface area contributed by atoms with E-state index >= 15 is 0 Å². The Labute approximate surface area is 149 Å². The zero-order chi connectivity index (χ0) is 18.3. The van der Waals surface area contributed by atoms with Crippen LogP contribution in [0.4, 0.5) is 10.1 Å². The Morgan fingerprint density at radius 2 is 1.96 bits per heavy atom. The van der Waals surface area contributed by atoms with Gasteiger partial charge in [-0.15, -0.1) is 0 Å². The summed E-state index contributed by atoms with van der Waals surface area (Å²) in [4.78, 5) is 26.6. The average Bonchev–Trinajstić information content (AvgIpc) is 3.02. The standard InChI is InChI=1S/C20H16FNO4/c1-25-15-7-2-4-12(8-15)16-10-18(23)22(14-6-3-5-13(21)9-14)17-11-26-20(24)19(16)17/h2-9,16H,10-11H2,1H3/t16-/m0/s1. The second-order valence-corrected chi connectivity index (χ2v) is 6.18. The summed E-state index contributed by atoms with van der Waals surface area (Å²) in [6, 6.07) is 13.0. The maximum atomic E-state index is 13.6. The highest BCUT2D eigenvalue weighted by Crippen LogP contribution is 2.42. The molecule has 6 heteroatoms. The molecular formula is C20H16FNO4. The number of halogens is 1. The van der Waals surface area contributed by atoms with E-state index in [0.29, 0.717) is 22.7 Å². The molecule has 0 aliphatic carbocycles. The number of carbonyl (C=O) groups is 2. The van der Waals surface area contributed by atoms with Crippen molar-refractivity contribution in [2.75, 3.05) is 18.6 Å². The third kappa shape index (κ3) is 2.63. The van der Waals surface area contributed by atoms with Gasteiger partial charge in [-0.1, -0.05) is 18.2 Å². The summed E-state index contributed by atoms with van der Waals surface area (Å²) in [6.45, 7) is -0.00309. The number of rotatable bonds is 3. The Bertz CT molecular complexity index is 937. The van der Waals surface area contributed by atoms with Crippen LogP contribution >= 0.6 is 0 Å². The van der Waals surface area contributed by atoms with Crippen LogP contribution < -0.4 is 9.64 Å². The molecule has 0 saturated carbocycles. The lowest BCUT2D eigenvalue weighted by Gasteiger charge is -2.32. The van der Waals surface area contributed by atoms with Crippen molar-refractivity contribution in [1.82, 2.24) is 0 Å². The number of methoxy groups -OCH3 is 1. The highest BCUT2D eigenvalue weighted by Gasteiger charge is 2.43. The van der Waals surface area contributed by atoms with Gasteiger partial charge in [0, 0.05) is 12.3 Å². The van der Waals surface area contributed by atoms with E-state index in [9.17, 15) is 14.0 Å². The largest absolute Gasteiger partial charge is 0.497 e. The summed E-state index contributed by atoms with van der Waals surface area (Å²) in [6.07, 6.45) is 0.0949. The third-order valence-electron chi connectivity index (χ3n) is 4.68. The number of esters is 1. The van der Waals surface area contributed by atoms with Gasteiger partial charge in [-0.05, 0) is 35.9 Å². The molecule has 0 N–H and O–H groups in total. The number of hydrogen-bond donors (Lipinski definition) is 0. The zero-order valence-electron chi connectivity index (χ0n) is 14.1. The van der Waals surface area contributed by atoms with Crippen LogP contribution in [0, 0.1) is 5.82 Å². The van der Waals surface area contributed by atoms with Crippen LogP contribution in [0.1, 0.15) is 17.9 Å². The van der Waals surface area contributed by atoms with Crippen molar-refractivity contribution in [1.29, 1.82) is 0 Å². The summed E-state index contributed by atoms with van der Waals surface area (Å²) in [5, 5.41) is 0. The quantitative estimate of drug-likeness (QED) is 0.796. The molecule has 1 atom stereocenters. The number of ether oxygens (including phenoxy) is 2. The van der Waals surface area contributed by atoms with E-state index in [1.165, 1.54) is 23.1 Å². The first-order valence-electron chi connectivity index (χ1n) is 8.21. The molecule has 2 aromatic rings. The van der Waals surface area contributed by atoms with Crippen LogP contribution in [0.25, 0.3) is 0 Å². The molecule has 1 amide bonds. The molecule has 5 nitrogen and oxygen atoms in total. The summed E-state index contributed by atoms with van der Waals surface area (Å²) in [5.74, 6) is -0.858. The molecule has 2 heterocycles. The van der Waals surface area contributed by atoms with Gasteiger partial charge < -0.3 is 9.47 Å². The van der Waals surface area contributed by atoms with E-state index in [0.717, 1.165) is 5.56 Å². The zero-order valence-corrected chi connectivity index (χ0v) is 14.1. The fourth-order valence-corrected chi connectivity index (χ4v) is 3.51. The van der Waals surface area contributed by atoms with E-state index in [-0.39, 0.29) is 18.9 Å². The number of hydrogen-bond acceptors (Lipinski definition) is 4. The van der Waals surface area contributed by atoms with Gasteiger partial charge in [0.2, 0.25) is 5.91 Å². The molecule has 0 aromatic heterocycles. The first-order valence-corrected chi connectivity index (χ1v) is 8.21. The number of amides is 1. The molecule has 0 saturated heterocycles. The molecule has 2 aromatic carbocycles. The molecule has 0 fully saturated rings. The summed E-state index contributed by atoms with van der Waals surface area (Å²) >= 11 is 0.